The minimum atomic E-state index is -0.961. The molecule has 0 bridgehead atoms. The van der Waals surface area contributed by atoms with E-state index in [0.29, 0.717) is 52.1 Å². The van der Waals surface area contributed by atoms with Crippen molar-refractivity contribution in [3.63, 3.8) is 0 Å². The number of aliphatic carboxylic acids is 1. The summed E-state index contributed by atoms with van der Waals surface area (Å²) in [6, 6.07) is 16.8. The van der Waals surface area contributed by atoms with Crippen LogP contribution in [-0.4, -0.2) is 30.1 Å². The molecule has 0 radical (unpaired) electrons. The van der Waals surface area contributed by atoms with Crippen molar-refractivity contribution in [2.45, 2.75) is 18.8 Å². The summed E-state index contributed by atoms with van der Waals surface area (Å²) in [5, 5.41) is 22.9. The van der Waals surface area contributed by atoms with Crippen LogP contribution in [0.5, 0.6) is 17.2 Å². The largest absolute Gasteiger partial charge is 0.493 e. The molecule has 0 aliphatic carbocycles. The molecule has 35 heavy (non-hydrogen) atoms. The van der Waals surface area contributed by atoms with Gasteiger partial charge in [0.05, 0.1) is 18.1 Å². The second-order valence-corrected chi connectivity index (χ2v) is 8.74. The van der Waals surface area contributed by atoms with E-state index in [0.717, 1.165) is 5.56 Å². The first-order valence-corrected chi connectivity index (χ1v) is 11.5. The van der Waals surface area contributed by atoms with Crippen molar-refractivity contribution >= 4 is 35.1 Å². The van der Waals surface area contributed by atoms with Crippen LogP contribution in [0.4, 0.5) is 0 Å². The number of nitriles is 1. The number of amides is 1. The number of carbonyl (C=O) groups excluding carboxylic acids is 1. The first-order chi connectivity index (χ1) is 16.9. The summed E-state index contributed by atoms with van der Waals surface area (Å²) in [6.07, 6.45) is 0.896. The Hall–Kier alpha value is -3.73. The number of carboxylic acids is 1. The minimum absolute atomic E-state index is 0.197. The number of ether oxygens (including phenoxy) is 2. The molecule has 1 aliphatic heterocycles. The SMILES string of the molecule is N#Cc1cc2c(cc1Oc1ccc(C(=O)NCCc3ccc(Cl)cc3Cl)cc1)OCCC2C(=O)O. The van der Waals surface area contributed by atoms with E-state index in [2.05, 4.69) is 5.32 Å². The fourth-order valence-electron chi connectivity index (χ4n) is 3.78. The molecule has 2 N–H and O–H groups in total. The summed E-state index contributed by atoms with van der Waals surface area (Å²) in [6.45, 7) is 0.666. The molecule has 7 nitrogen and oxygen atoms in total. The Kier molecular flexibility index (Phi) is 7.45. The number of nitrogens with one attached hydrogen (secondary N) is 1. The summed E-state index contributed by atoms with van der Waals surface area (Å²) in [4.78, 5) is 24.0. The summed E-state index contributed by atoms with van der Waals surface area (Å²) in [5.74, 6) is -0.896. The highest BCUT2D eigenvalue weighted by Crippen LogP contribution is 2.39. The van der Waals surface area contributed by atoms with Crippen LogP contribution >= 0.6 is 23.2 Å². The standard InChI is InChI=1S/C26H20Cl2N2O5/c27-18-4-1-15(22(28)12-18)7-9-30-25(31)16-2-5-19(6-3-16)35-23-13-24-21(11-17(23)14-29)20(26(32)33)8-10-34-24/h1-6,11-13,20H,7-10H2,(H,30,31)(H,32,33). The van der Waals surface area contributed by atoms with E-state index in [-0.39, 0.29) is 23.8 Å². The van der Waals surface area contributed by atoms with Gasteiger partial charge in [0.15, 0.2) is 0 Å². The third kappa shape index (κ3) is 5.68. The van der Waals surface area contributed by atoms with Crippen LogP contribution in [0.15, 0.2) is 54.6 Å². The molecule has 9 heteroatoms. The Morgan fingerprint density at radius 3 is 2.60 bits per heavy atom. The molecule has 1 unspecified atom stereocenters. The van der Waals surface area contributed by atoms with Crippen molar-refractivity contribution in [3.8, 4) is 23.3 Å². The molecule has 3 aromatic rings. The van der Waals surface area contributed by atoms with Gasteiger partial charge in [-0.25, -0.2) is 0 Å². The van der Waals surface area contributed by atoms with Crippen LogP contribution in [0.2, 0.25) is 10.0 Å². The lowest BCUT2D eigenvalue weighted by Gasteiger charge is -2.24. The van der Waals surface area contributed by atoms with E-state index in [1.165, 1.54) is 12.1 Å². The Morgan fingerprint density at radius 2 is 1.91 bits per heavy atom. The number of nitrogens with zero attached hydrogens (tertiary/aromatic N) is 1. The highest BCUT2D eigenvalue weighted by molar-refractivity contribution is 6.35. The third-order valence-corrected chi connectivity index (χ3v) is 6.20. The molecule has 4 rings (SSSR count). The van der Waals surface area contributed by atoms with E-state index >= 15 is 0 Å². The minimum Gasteiger partial charge on any atom is -0.493 e. The Balaban J connectivity index is 1.41. The predicted octanol–water partition coefficient (Wildman–Crippen LogP) is 5.58. The molecule has 178 valence electrons. The second-order valence-electron chi connectivity index (χ2n) is 7.89. The average molecular weight is 511 g/mol. The van der Waals surface area contributed by atoms with Crippen LogP contribution in [-0.2, 0) is 11.2 Å². The van der Waals surface area contributed by atoms with Gasteiger partial charge in [0.2, 0.25) is 0 Å². The highest BCUT2D eigenvalue weighted by Gasteiger charge is 2.29. The van der Waals surface area contributed by atoms with E-state index in [1.807, 2.05) is 12.1 Å². The lowest BCUT2D eigenvalue weighted by atomic mass is 9.91. The fraction of sp³-hybridized carbons (Fsp3) is 0.192. The number of hydrogen-bond acceptors (Lipinski definition) is 5. The van der Waals surface area contributed by atoms with Crippen molar-refractivity contribution in [1.29, 1.82) is 5.26 Å². The molecular weight excluding hydrogens is 491 g/mol. The second kappa shape index (κ2) is 10.7. The molecule has 0 saturated carbocycles. The molecule has 1 aliphatic rings. The van der Waals surface area contributed by atoms with Crippen LogP contribution in [0, 0.1) is 11.3 Å². The van der Waals surface area contributed by atoms with Gasteiger partial charge in [0.1, 0.15) is 23.3 Å². The summed E-state index contributed by atoms with van der Waals surface area (Å²) >= 11 is 12.1. The van der Waals surface area contributed by atoms with E-state index in [1.54, 1.807) is 36.4 Å². The van der Waals surface area contributed by atoms with Gasteiger partial charge in [0.25, 0.3) is 5.91 Å². The van der Waals surface area contributed by atoms with E-state index in [9.17, 15) is 20.0 Å². The normalized spacial score (nSPS) is 14.3. The third-order valence-electron chi connectivity index (χ3n) is 5.61. The Bertz CT molecular complexity index is 1320. The van der Waals surface area contributed by atoms with Crippen LogP contribution in [0.3, 0.4) is 0 Å². The van der Waals surface area contributed by atoms with E-state index in [4.69, 9.17) is 32.7 Å². The highest BCUT2D eigenvalue weighted by atomic mass is 35.5. The lowest BCUT2D eigenvalue weighted by molar-refractivity contribution is -0.139. The Morgan fingerprint density at radius 1 is 1.14 bits per heavy atom. The van der Waals surface area contributed by atoms with Gasteiger partial charge in [-0.3, -0.25) is 9.59 Å². The molecule has 3 aromatic carbocycles. The molecule has 0 fully saturated rings. The number of fused-ring (bicyclic) bond motifs is 1. The number of benzene rings is 3. The summed E-state index contributed by atoms with van der Waals surface area (Å²) in [7, 11) is 0. The molecule has 1 amide bonds. The van der Waals surface area contributed by atoms with Crippen molar-refractivity contribution in [2.75, 3.05) is 13.2 Å². The van der Waals surface area contributed by atoms with Crippen molar-refractivity contribution < 1.29 is 24.2 Å². The van der Waals surface area contributed by atoms with Crippen LogP contribution in [0.25, 0.3) is 0 Å². The zero-order chi connectivity index (χ0) is 24.9. The predicted molar refractivity (Wildman–Crippen MR) is 131 cm³/mol. The lowest BCUT2D eigenvalue weighted by Crippen LogP contribution is -2.25. The van der Waals surface area contributed by atoms with Crippen molar-refractivity contribution in [2.24, 2.45) is 0 Å². The quantitative estimate of drug-likeness (QED) is 0.429. The number of carbonyl (C=O) groups is 2. The average Bonchev–Trinajstić information content (AvgIpc) is 2.84. The number of rotatable bonds is 7. The zero-order valence-electron chi connectivity index (χ0n) is 18.4. The van der Waals surface area contributed by atoms with Gasteiger partial charge in [-0.05, 0) is 60.9 Å². The van der Waals surface area contributed by atoms with Gasteiger partial charge in [0, 0.05) is 33.8 Å². The van der Waals surface area contributed by atoms with Gasteiger partial charge in [-0.15, -0.1) is 0 Å². The molecule has 1 heterocycles. The molecule has 0 aromatic heterocycles. The summed E-state index contributed by atoms with van der Waals surface area (Å²) < 4.78 is 11.4. The van der Waals surface area contributed by atoms with Crippen molar-refractivity contribution in [1.82, 2.24) is 5.32 Å². The van der Waals surface area contributed by atoms with Crippen LogP contribution < -0.4 is 14.8 Å². The number of hydrogen-bond donors (Lipinski definition) is 2. The van der Waals surface area contributed by atoms with Crippen molar-refractivity contribution in [3.05, 3.63) is 86.9 Å². The summed E-state index contributed by atoms with van der Waals surface area (Å²) in [5.41, 5.74) is 1.98. The maximum atomic E-state index is 12.5. The maximum absolute atomic E-state index is 12.5. The smallest absolute Gasteiger partial charge is 0.311 e. The topological polar surface area (TPSA) is 109 Å². The van der Waals surface area contributed by atoms with Gasteiger partial charge >= 0.3 is 5.97 Å². The fourth-order valence-corrected chi connectivity index (χ4v) is 4.29. The monoisotopic (exact) mass is 510 g/mol. The maximum Gasteiger partial charge on any atom is 0.311 e. The van der Waals surface area contributed by atoms with Gasteiger partial charge in [-0.2, -0.15) is 5.26 Å². The van der Waals surface area contributed by atoms with Gasteiger partial charge in [-0.1, -0.05) is 29.3 Å². The zero-order valence-corrected chi connectivity index (χ0v) is 19.9. The molecular formula is C26H20Cl2N2O5. The molecule has 0 saturated heterocycles. The number of halogens is 2. The van der Waals surface area contributed by atoms with Crippen LogP contribution in [0.1, 0.15) is 39.4 Å². The van der Waals surface area contributed by atoms with E-state index < -0.39 is 11.9 Å². The van der Waals surface area contributed by atoms with Gasteiger partial charge < -0.3 is 19.9 Å². The first-order valence-electron chi connectivity index (χ1n) is 10.8. The Labute approximate surface area is 211 Å². The first kappa shape index (κ1) is 24.4. The molecule has 0 spiro atoms. The molecule has 1 atom stereocenters. The number of carboxylic acid groups (broad SMARTS) is 1.